The lowest BCUT2D eigenvalue weighted by molar-refractivity contribution is 0.0526. The van der Waals surface area contributed by atoms with Crippen LogP contribution in [0.5, 0.6) is 0 Å². The first-order valence-corrected chi connectivity index (χ1v) is 9.91. The molecule has 28 heavy (non-hydrogen) atoms. The van der Waals surface area contributed by atoms with Gasteiger partial charge in [-0.3, -0.25) is 4.79 Å². The molecule has 0 saturated carbocycles. The summed E-state index contributed by atoms with van der Waals surface area (Å²) in [5, 5.41) is 13.7. The Morgan fingerprint density at radius 1 is 1.04 bits per heavy atom. The Labute approximate surface area is 167 Å². The lowest BCUT2D eigenvalue weighted by Gasteiger charge is -2.24. The van der Waals surface area contributed by atoms with Gasteiger partial charge in [-0.1, -0.05) is 54.6 Å². The maximum atomic E-state index is 12.5. The van der Waals surface area contributed by atoms with Crippen molar-refractivity contribution in [3.8, 4) is 11.1 Å². The second-order valence-corrected chi connectivity index (χ2v) is 7.82. The van der Waals surface area contributed by atoms with Gasteiger partial charge in [0.25, 0.3) is 5.91 Å². The Morgan fingerprint density at radius 2 is 1.75 bits per heavy atom. The number of nitrogens with zero attached hydrogens (tertiary/aromatic N) is 1. The summed E-state index contributed by atoms with van der Waals surface area (Å²) >= 11 is 1.50. The van der Waals surface area contributed by atoms with Gasteiger partial charge in [0.1, 0.15) is 5.60 Å². The van der Waals surface area contributed by atoms with Gasteiger partial charge in [-0.15, -0.1) is 11.3 Å². The van der Waals surface area contributed by atoms with Crippen LogP contribution in [0.4, 0.5) is 0 Å². The van der Waals surface area contributed by atoms with Crippen molar-refractivity contribution < 1.29 is 9.90 Å². The number of carbonyl (C=O) groups excluding carboxylic acids is 1. The Morgan fingerprint density at radius 3 is 2.50 bits per heavy atom. The molecular weight excluding hydrogens is 368 g/mol. The zero-order valence-corrected chi connectivity index (χ0v) is 16.2. The minimum Gasteiger partial charge on any atom is -0.384 e. The number of benzene rings is 3. The molecule has 0 aliphatic heterocycles. The molecule has 2 N–H and O–H groups in total. The normalized spacial score (nSPS) is 13.2. The van der Waals surface area contributed by atoms with Crippen molar-refractivity contribution in [1.82, 2.24) is 10.3 Å². The number of aliphatic hydroxyl groups is 1. The Kier molecular flexibility index (Phi) is 4.94. The molecule has 0 aliphatic carbocycles. The summed E-state index contributed by atoms with van der Waals surface area (Å²) in [5.74, 6) is -0.212. The predicted molar refractivity (Wildman–Crippen MR) is 113 cm³/mol. The molecule has 140 valence electrons. The summed E-state index contributed by atoms with van der Waals surface area (Å²) in [6, 6.07) is 23.3. The van der Waals surface area contributed by atoms with E-state index in [-0.39, 0.29) is 12.5 Å². The third kappa shape index (κ3) is 3.81. The van der Waals surface area contributed by atoms with Crippen molar-refractivity contribution in [2.45, 2.75) is 12.5 Å². The number of rotatable bonds is 5. The van der Waals surface area contributed by atoms with Crippen molar-refractivity contribution in [1.29, 1.82) is 0 Å². The maximum Gasteiger partial charge on any atom is 0.251 e. The zero-order valence-electron chi connectivity index (χ0n) is 15.4. The summed E-state index contributed by atoms with van der Waals surface area (Å²) in [7, 11) is 0. The minimum atomic E-state index is -1.17. The molecule has 0 bridgehead atoms. The van der Waals surface area contributed by atoms with E-state index in [4.69, 9.17) is 0 Å². The van der Waals surface area contributed by atoms with E-state index in [1.165, 1.54) is 11.3 Å². The monoisotopic (exact) mass is 388 g/mol. The topological polar surface area (TPSA) is 62.2 Å². The highest BCUT2D eigenvalue weighted by Crippen LogP contribution is 2.25. The average molecular weight is 388 g/mol. The standard InChI is InChI=1S/C23H20N2O2S/c1-23(27,19-10-7-17(8-11-19)16-5-3-2-4-6-16)14-24-22(26)18-9-12-20-21(13-18)28-15-25-20/h2-13,15,27H,14H2,1H3,(H,24,26)/t23-/m1/s1. The molecule has 5 heteroatoms. The second-order valence-electron chi connectivity index (χ2n) is 6.93. The molecule has 1 aromatic heterocycles. The summed E-state index contributed by atoms with van der Waals surface area (Å²) < 4.78 is 0.968. The fourth-order valence-electron chi connectivity index (χ4n) is 3.11. The van der Waals surface area contributed by atoms with E-state index >= 15 is 0 Å². The summed E-state index contributed by atoms with van der Waals surface area (Å²) in [4.78, 5) is 16.7. The van der Waals surface area contributed by atoms with Gasteiger partial charge in [-0.05, 0) is 41.8 Å². The summed E-state index contributed by atoms with van der Waals surface area (Å²) in [6.07, 6.45) is 0. The van der Waals surface area contributed by atoms with E-state index in [1.54, 1.807) is 18.5 Å². The number of aromatic nitrogens is 1. The van der Waals surface area contributed by atoms with Gasteiger partial charge < -0.3 is 10.4 Å². The number of nitrogens with one attached hydrogen (secondary N) is 1. The van der Waals surface area contributed by atoms with Gasteiger partial charge >= 0.3 is 0 Å². The first-order valence-electron chi connectivity index (χ1n) is 9.03. The number of hydrogen-bond acceptors (Lipinski definition) is 4. The van der Waals surface area contributed by atoms with Gasteiger partial charge in [0.05, 0.1) is 22.3 Å². The third-order valence-corrected chi connectivity index (χ3v) is 5.59. The molecule has 1 amide bonds. The molecule has 0 saturated heterocycles. The molecule has 0 fully saturated rings. The summed E-state index contributed by atoms with van der Waals surface area (Å²) in [5.41, 5.74) is 5.00. The van der Waals surface area contributed by atoms with Crippen LogP contribution in [0.15, 0.2) is 78.3 Å². The SMILES string of the molecule is C[C@@](O)(CNC(=O)c1ccc2ncsc2c1)c1ccc(-c2ccccc2)cc1. The smallest absolute Gasteiger partial charge is 0.251 e. The van der Waals surface area contributed by atoms with Crippen LogP contribution in [0.3, 0.4) is 0 Å². The predicted octanol–water partition coefficient (Wildman–Crippen LogP) is 4.60. The number of thiazole rings is 1. The molecule has 0 unspecified atom stereocenters. The number of carbonyl (C=O) groups is 1. The van der Waals surface area contributed by atoms with Crippen molar-refractivity contribution in [3.05, 3.63) is 89.4 Å². The van der Waals surface area contributed by atoms with Crippen molar-refractivity contribution in [3.63, 3.8) is 0 Å². The number of amides is 1. The van der Waals surface area contributed by atoms with Crippen LogP contribution in [0, 0.1) is 0 Å². The quantitative estimate of drug-likeness (QED) is 0.525. The van der Waals surface area contributed by atoms with E-state index in [0.717, 1.165) is 26.9 Å². The third-order valence-electron chi connectivity index (χ3n) is 4.80. The van der Waals surface area contributed by atoms with E-state index in [2.05, 4.69) is 10.3 Å². The highest BCUT2D eigenvalue weighted by Gasteiger charge is 2.24. The van der Waals surface area contributed by atoms with Crippen molar-refractivity contribution in [2.75, 3.05) is 6.54 Å². The van der Waals surface area contributed by atoms with Crippen LogP contribution >= 0.6 is 11.3 Å². The van der Waals surface area contributed by atoms with E-state index < -0.39 is 5.60 Å². The van der Waals surface area contributed by atoms with Gasteiger partial charge in [0.2, 0.25) is 0 Å². The Bertz CT molecular complexity index is 1100. The fourth-order valence-corrected chi connectivity index (χ4v) is 3.82. The van der Waals surface area contributed by atoms with E-state index in [0.29, 0.717) is 5.56 Å². The largest absolute Gasteiger partial charge is 0.384 e. The highest BCUT2D eigenvalue weighted by atomic mass is 32.1. The molecule has 3 aromatic carbocycles. The molecule has 1 heterocycles. The molecule has 4 rings (SSSR count). The van der Waals surface area contributed by atoms with Crippen LogP contribution < -0.4 is 5.32 Å². The van der Waals surface area contributed by atoms with Gasteiger partial charge in [-0.2, -0.15) is 0 Å². The Balaban J connectivity index is 1.45. The van der Waals surface area contributed by atoms with Crippen LogP contribution in [0.2, 0.25) is 0 Å². The lowest BCUT2D eigenvalue weighted by Crippen LogP contribution is -2.38. The average Bonchev–Trinajstić information content (AvgIpc) is 3.21. The first kappa shape index (κ1) is 18.3. The van der Waals surface area contributed by atoms with Gasteiger partial charge in [0.15, 0.2) is 0 Å². The molecule has 4 aromatic rings. The first-order chi connectivity index (χ1) is 13.5. The molecule has 0 spiro atoms. The highest BCUT2D eigenvalue weighted by molar-refractivity contribution is 7.16. The fraction of sp³-hybridized carbons (Fsp3) is 0.130. The van der Waals surface area contributed by atoms with E-state index in [9.17, 15) is 9.90 Å². The van der Waals surface area contributed by atoms with Crippen LogP contribution in [-0.2, 0) is 5.60 Å². The van der Waals surface area contributed by atoms with Gasteiger partial charge in [0, 0.05) is 5.56 Å². The molecule has 0 aliphatic rings. The molecule has 4 nitrogen and oxygen atoms in total. The Hall–Kier alpha value is -3.02. The molecule has 1 atom stereocenters. The maximum absolute atomic E-state index is 12.5. The van der Waals surface area contributed by atoms with E-state index in [1.807, 2.05) is 66.7 Å². The number of hydrogen-bond donors (Lipinski definition) is 2. The summed E-state index contributed by atoms with van der Waals surface area (Å²) in [6.45, 7) is 1.83. The lowest BCUT2D eigenvalue weighted by atomic mass is 9.93. The number of fused-ring (bicyclic) bond motifs is 1. The van der Waals surface area contributed by atoms with Crippen molar-refractivity contribution in [2.24, 2.45) is 0 Å². The second kappa shape index (κ2) is 7.54. The molecular formula is C23H20N2O2S. The minimum absolute atomic E-state index is 0.122. The van der Waals surface area contributed by atoms with Gasteiger partial charge in [-0.25, -0.2) is 4.98 Å². The van der Waals surface area contributed by atoms with Crippen molar-refractivity contribution >= 4 is 27.5 Å². The van der Waals surface area contributed by atoms with Crippen LogP contribution in [0.1, 0.15) is 22.8 Å². The van der Waals surface area contributed by atoms with Crippen LogP contribution in [0.25, 0.3) is 21.3 Å². The van der Waals surface area contributed by atoms with Crippen LogP contribution in [-0.4, -0.2) is 22.5 Å². The molecule has 0 radical (unpaired) electrons. The zero-order chi connectivity index (χ0) is 19.6.